The van der Waals surface area contributed by atoms with Crippen LogP contribution in [0.25, 0.3) is 0 Å². The molecule has 0 spiro atoms. The molecule has 0 bridgehead atoms. The largest absolute Gasteiger partial charge is 0.494 e. The second-order valence-electron chi connectivity index (χ2n) is 5.48. The zero-order valence-corrected chi connectivity index (χ0v) is 16.5. The molecule has 25 heavy (non-hydrogen) atoms. The second kappa shape index (κ2) is 9.95. The van der Waals surface area contributed by atoms with Crippen LogP contribution in [0.3, 0.4) is 0 Å². The molecule has 3 nitrogen and oxygen atoms in total. The monoisotopic (exact) mass is 397 g/mol. The summed E-state index contributed by atoms with van der Waals surface area (Å²) in [5.74, 6) is 1.76. The number of carbonyl (C=O) groups is 1. The van der Waals surface area contributed by atoms with Crippen LogP contribution >= 0.6 is 35.0 Å². The zero-order valence-electron chi connectivity index (χ0n) is 14.2. The number of rotatable bonds is 8. The smallest absolute Gasteiger partial charge is 0.230 e. The Labute approximate surface area is 163 Å². The predicted octanol–water partition coefficient (Wildman–Crippen LogP) is 5.50. The summed E-state index contributed by atoms with van der Waals surface area (Å²) in [4.78, 5) is 12.1. The molecule has 0 aliphatic rings. The third-order valence-electron chi connectivity index (χ3n) is 3.61. The van der Waals surface area contributed by atoms with E-state index in [0.29, 0.717) is 28.2 Å². The Bertz CT molecular complexity index is 687. The van der Waals surface area contributed by atoms with E-state index in [0.717, 1.165) is 16.9 Å². The summed E-state index contributed by atoms with van der Waals surface area (Å²) in [6.07, 6.45) is 0. The van der Waals surface area contributed by atoms with E-state index in [1.165, 1.54) is 11.8 Å². The number of thioether (sulfide) groups is 1. The van der Waals surface area contributed by atoms with Gasteiger partial charge in [-0.15, -0.1) is 11.8 Å². The van der Waals surface area contributed by atoms with Crippen molar-refractivity contribution in [1.82, 2.24) is 5.32 Å². The normalized spacial score (nSPS) is 11.8. The molecule has 134 valence electrons. The quantitative estimate of drug-likeness (QED) is 0.638. The van der Waals surface area contributed by atoms with Crippen molar-refractivity contribution in [3.63, 3.8) is 0 Å². The van der Waals surface area contributed by atoms with Crippen LogP contribution in [0.5, 0.6) is 5.75 Å². The van der Waals surface area contributed by atoms with E-state index in [4.69, 9.17) is 27.9 Å². The maximum atomic E-state index is 12.1. The van der Waals surface area contributed by atoms with Gasteiger partial charge in [0.25, 0.3) is 0 Å². The van der Waals surface area contributed by atoms with Gasteiger partial charge in [0.15, 0.2) is 0 Å². The van der Waals surface area contributed by atoms with Crippen LogP contribution in [0.15, 0.2) is 42.5 Å². The molecule has 0 radical (unpaired) electrons. The fraction of sp³-hybridized carbons (Fsp3) is 0.316. The summed E-state index contributed by atoms with van der Waals surface area (Å²) in [7, 11) is 0. The minimum atomic E-state index is -0.0623. The van der Waals surface area contributed by atoms with E-state index in [2.05, 4.69) is 5.32 Å². The van der Waals surface area contributed by atoms with E-state index in [-0.39, 0.29) is 11.9 Å². The van der Waals surface area contributed by atoms with E-state index in [1.807, 2.05) is 44.2 Å². The number of hydrogen-bond acceptors (Lipinski definition) is 3. The summed E-state index contributed by atoms with van der Waals surface area (Å²) in [5.41, 5.74) is 1.90. The Kier molecular flexibility index (Phi) is 7.94. The minimum absolute atomic E-state index is 0.0189. The molecular formula is C19H21Cl2NO2S. The predicted molar refractivity (Wildman–Crippen MR) is 107 cm³/mol. The van der Waals surface area contributed by atoms with E-state index >= 15 is 0 Å². The van der Waals surface area contributed by atoms with Crippen LogP contribution in [0.1, 0.15) is 31.0 Å². The molecule has 2 aromatic carbocycles. The zero-order chi connectivity index (χ0) is 18.2. The van der Waals surface area contributed by atoms with Crippen molar-refractivity contribution in [3.05, 3.63) is 63.6 Å². The minimum Gasteiger partial charge on any atom is -0.494 e. The average Bonchev–Trinajstić information content (AvgIpc) is 2.58. The van der Waals surface area contributed by atoms with Crippen LogP contribution in [0.2, 0.25) is 10.0 Å². The topological polar surface area (TPSA) is 38.3 Å². The maximum absolute atomic E-state index is 12.1. The van der Waals surface area contributed by atoms with Gasteiger partial charge in [0, 0.05) is 15.8 Å². The number of benzene rings is 2. The Hall–Kier alpha value is -1.36. The van der Waals surface area contributed by atoms with Gasteiger partial charge in [-0.1, -0.05) is 41.4 Å². The summed E-state index contributed by atoms with van der Waals surface area (Å²) < 4.78 is 5.42. The van der Waals surface area contributed by atoms with Crippen molar-refractivity contribution in [2.75, 3.05) is 12.4 Å². The standard InChI is InChI=1S/C19H21Cl2NO2S/c1-3-24-15-9-7-14(8-10-15)13(2)22-19(23)12-25-11-16-17(20)5-4-6-18(16)21/h4-10,13H,3,11-12H2,1-2H3,(H,22,23)/t13-/m1/s1. The van der Waals surface area contributed by atoms with E-state index in [1.54, 1.807) is 12.1 Å². The van der Waals surface area contributed by atoms with Crippen molar-refractivity contribution in [2.45, 2.75) is 25.6 Å². The highest BCUT2D eigenvalue weighted by atomic mass is 35.5. The highest BCUT2D eigenvalue weighted by Crippen LogP contribution is 2.28. The Morgan fingerprint density at radius 3 is 2.40 bits per heavy atom. The van der Waals surface area contributed by atoms with Gasteiger partial charge in [-0.3, -0.25) is 4.79 Å². The molecule has 0 fully saturated rings. The molecule has 1 N–H and O–H groups in total. The van der Waals surface area contributed by atoms with Gasteiger partial charge in [0.05, 0.1) is 18.4 Å². The van der Waals surface area contributed by atoms with Crippen LogP contribution < -0.4 is 10.1 Å². The first-order valence-corrected chi connectivity index (χ1v) is 9.95. The van der Waals surface area contributed by atoms with Crippen molar-refractivity contribution >= 4 is 40.9 Å². The van der Waals surface area contributed by atoms with Gasteiger partial charge in [-0.2, -0.15) is 0 Å². The molecule has 6 heteroatoms. The van der Waals surface area contributed by atoms with Gasteiger partial charge in [0.1, 0.15) is 5.75 Å². The fourth-order valence-electron chi connectivity index (χ4n) is 2.30. The number of nitrogens with one attached hydrogen (secondary N) is 1. The first-order chi connectivity index (χ1) is 12.0. The number of hydrogen-bond donors (Lipinski definition) is 1. The van der Waals surface area contributed by atoms with E-state index in [9.17, 15) is 4.79 Å². The number of ether oxygens (including phenoxy) is 1. The summed E-state index contributed by atoms with van der Waals surface area (Å²) in [5, 5.41) is 4.25. The summed E-state index contributed by atoms with van der Waals surface area (Å²) >= 11 is 13.8. The Morgan fingerprint density at radius 2 is 1.80 bits per heavy atom. The molecule has 2 rings (SSSR count). The van der Waals surface area contributed by atoms with Crippen LogP contribution in [0.4, 0.5) is 0 Å². The summed E-state index contributed by atoms with van der Waals surface area (Å²) in [6.45, 7) is 4.55. The lowest BCUT2D eigenvalue weighted by Gasteiger charge is -2.15. The molecule has 1 amide bonds. The highest BCUT2D eigenvalue weighted by molar-refractivity contribution is 7.99. The Morgan fingerprint density at radius 1 is 1.16 bits per heavy atom. The molecule has 2 aromatic rings. The lowest BCUT2D eigenvalue weighted by atomic mass is 10.1. The summed E-state index contributed by atoms with van der Waals surface area (Å²) in [6, 6.07) is 13.1. The Balaban J connectivity index is 1.81. The third kappa shape index (κ3) is 6.14. The van der Waals surface area contributed by atoms with Crippen molar-refractivity contribution in [3.8, 4) is 5.75 Å². The highest BCUT2D eigenvalue weighted by Gasteiger charge is 2.11. The van der Waals surface area contributed by atoms with Crippen molar-refractivity contribution in [1.29, 1.82) is 0 Å². The van der Waals surface area contributed by atoms with Crippen molar-refractivity contribution < 1.29 is 9.53 Å². The maximum Gasteiger partial charge on any atom is 0.230 e. The van der Waals surface area contributed by atoms with Gasteiger partial charge in [-0.25, -0.2) is 0 Å². The van der Waals surface area contributed by atoms with Crippen LogP contribution in [-0.2, 0) is 10.5 Å². The average molecular weight is 398 g/mol. The lowest BCUT2D eigenvalue weighted by molar-refractivity contribution is -0.119. The molecule has 0 saturated heterocycles. The SMILES string of the molecule is CCOc1ccc([C@@H](C)NC(=O)CSCc2c(Cl)cccc2Cl)cc1. The molecule has 0 aromatic heterocycles. The second-order valence-corrected chi connectivity index (χ2v) is 7.28. The van der Waals surface area contributed by atoms with Crippen molar-refractivity contribution in [2.24, 2.45) is 0 Å². The third-order valence-corrected chi connectivity index (χ3v) is 5.28. The molecule has 0 heterocycles. The first-order valence-electron chi connectivity index (χ1n) is 8.04. The first kappa shape index (κ1) is 20.0. The molecule has 0 unspecified atom stereocenters. The molecule has 0 aliphatic carbocycles. The number of carbonyl (C=O) groups excluding carboxylic acids is 1. The van der Waals surface area contributed by atoms with Gasteiger partial charge >= 0.3 is 0 Å². The molecule has 0 saturated carbocycles. The van der Waals surface area contributed by atoms with Gasteiger partial charge < -0.3 is 10.1 Å². The molecular weight excluding hydrogens is 377 g/mol. The number of halogens is 2. The fourth-order valence-corrected chi connectivity index (χ4v) is 3.88. The molecule has 0 aliphatic heterocycles. The molecule has 1 atom stereocenters. The van der Waals surface area contributed by atoms with Crippen LogP contribution in [0, 0.1) is 0 Å². The van der Waals surface area contributed by atoms with Crippen LogP contribution in [-0.4, -0.2) is 18.3 Å². The van der Waals surface area contributed by atoms with Gasteiger partial charge in [-0.05, 0) is 49.2 Å². The number of amides is 1. The van der Waals surface area contributed by atoms with Gasteiger partial charge in [0.2, 0.25) is 5.91 Å². The van der Waals surface area contributed by atoms with E-state index < -0.39 is 0 Å². The lowest BCUT2D eigenvalue weighted by Crippen LogP contribution is -2.28.